The van der Waals surface area contributed by atoms with Crippen molar-refractivity contribution in [2.24, 2.45) is 0 Å². The van der Waals surface area contributed by atoms with Gasteiger partial charge in [-0.3, -0.25) is 14.5 Å². The molecule has 0 N–H and O–H groups in total. The van der Waals surface area contributed by atoms with E-state index in [1.807, 2.05) is 79.7 Å². The Morgan fingerprint density at radius 2 is 1.69 bits per heavy atom. The third kappa shape index (κ3) is 4.48. The maximum atomic E-state index is 12.5. The molecule has 0 saturated heterocycles. The second-order valence-corrected chi connectivity index (χ2v) is 7.86. The van der Waals surface area contributed by atoms with Crippen molar-refractivity contribution in [3.05, 3.63) is 76.3 Å². The summed E-state index contributed by atoms with van der Waals surface area (Å²) in [7, 11) is 3.38. The fourth-order valence-electron chi connectivity index (χ4n) is 3.35. The predicted molar refractivity (Wildman–Crippen MR) is 117 cm³/mol. The molecule has 0 radical (unpaired) electrons. The summed E-state index contributed by atoms with van der Waals surface area (Å²) in [6, 6.07) is 18.0. The van der Waals surface area contributed by atoms with Crippen molar-refractivity contribution < 1.29 is 14.3 Å². The molecule has 1 atom stereocenters. The SMILES string of the molecule is CSC1=C(N(C)CC[C@@H](Oc2ccccc2C)c2ccccc2)C(=O)N(C)C1=O. The molecule has 1 aliphatic rings. The predicted octanol–water partition coefficient (Wildman–Crippen LogP) is 4.01. The topological polar surface area (TPSA) is 49.9 Å². The lowest BCUT2D eigenvalue weighted by atomic mass is 10.1. The highest BCUT2D eigenvalue weighted by Crippen LogP contribution is 2.31. The molecule has 2 amide bonds. The Morgan fingerprint density at radius 3 is 2.34 bits per heavy atom. The smallest absolute Gasteiger partial charge is 0.278 e. The second-order valence-electron chi connectivity index (χ2n) is 7.04. The summed E-state index contributed by atoms with van der Waals surface area (Å²) in [5.41, 5.74) is 2.62. The Kier molecular flexibility index (Phi) is 6.64. The van der Waals surface area contributed by atoms with Gasteiger partial charge in [0.2, 0.25) is 0 Å². The molecule has 1 aliphatic heterocycles. The van der Waals surface area contributed by atoms with Gasteiger partial charge in [0.15, 0.2) is 0 Å². The highest BCUT2D eigenvalue weighted by molar-refractivity contribution is 8.03. The van der Waals surface area contributed by atoms with Gasteiger partial charge < -0.3 is 9.64 Å². The van der Waals surface area contributed by atoms with Gasteiger partial charge in [0, 0.05) is 27.1 Å². The van der Waals surface area contributed by atoms with Crippen molar-refractivity contribution in [1.82, 2.24) is 9.80 Å². The molecule has 0 fully saturated rings. The molecule has 0 aliphatic carbocycles. The summed E-state index contributed by atoms with van der Waals surface area (Å²) in [4.78, 5) is 28.4. The average Bonchev–Trinajstić information content (AvgIpc) is 2.96. The van der Waals surface area contributed by atoms with E-state index in [-0.39, 0.29) is 17.9 Å². The van der Waals surface area contributed by atoms with Crippen molar-refractivity contribution in [2.75, 3.05) is 26.9 Å². The van der Waals surface area contributed by atoms with Crippen LogP contribution in [0.1, 0.15) is 23.7 Å². The zero-order valence-electron chi connectivity index (χ0n) is 17.2. The first-order chi connectivity index (χ1) is 13.9. The third-order valence-electron chi connectivity index (χ3n) is 5.07. The summed E-state index contributed by atoms with van der Waals surface area (Å²) in [6.45, 7) is 2.61. The van der Waals surface area contributed by atoms with Gasteiger partial charge >= 0.3 is 0 Å². The number of benzene rings is 2. The van der Waals surface area contributed by atoms with Crippen molar-refractivity contribution in [3.63, 3.8) is 0 Å². The minimum absolute atomic E-state index is 0.164. The number of hydrogen-bond donors (Lipinski definition) is 0. The van der Waals surface area contributed by atoms with Gasteiger partial charge in [-0.2, -0.15) is 0 Å². The number of carbonyl (C=O) groups is 2. The largest absolute Gasteiger partial charge is 0.485 e. The summed E-state index contributed by atoms with van der Waals surface area (Å²) in [5, 5.41) is 0. The Hall–Kier alpha value is -2.73. The number of amides is 2. The van der Waals surface area contributed by atoms with Crippen LogP contribution in [0.2, 0.25) is 0 Å². The van der Waals surface area contributed by atoms with E-state index in [4.69, 9.17) is 4.74 Å². The standard InChI is InChI=1S/C23H26N2O3S/c1-16-10-8-9-13-18(16)28-19(17-11-6-5-7-12-17)14-15-24(2)20-21(29-4)23(27)25(3)22(20)26/h5-13,19H,14-15H2,1-4H3/t19-/m1/s1. The van der Waals surface area contributed by atoms with Gasteiger partial charge in [-0.1, -0.05) is 48.5 Å². The van der Waals surface area contributed by atoms with E-state index in [1.165, 1.54) is 23.7 Å². The Bertz CT molecular complexity index is 927. The first-order valence-corrected chi connectivity index (χ1v) is 10.8. The number of hydrogen-bond acceptors (Lipinski definition) is 5. The molecule has 0 bridgehead atoms. The molecular weight excluding hydrogens is 384 g/mol. The first-order valence-electron chi connectivity index (χ1n) is 9.53. The number of likely N-dealkylation sites (N-methyl/N-ethyl adjacent to an activating group) is 2. The molecule has 0 saturated carbocycles. The minimum Gasteiger partial charge on any atom is -0.485 e. The van der Waals surface area contributed by atoms with Crippen LogP contribution in [-0.4, -0.2) is 48.5 Å². The minimum atomic E-state index is -0.252. The quantitative estimate of drug-likeness (QED) is 0.616. The van der Waals surface area contributed by atoms with E-state index in [9.17, 15) is 9.59 Å². The maximum Gasteiger partial charge on any atom is 0.278 e. The zero-order valence-corrected chi connectivity index (χ0v) is 18.0. The van der Waals surface area contributed by atoms with Crippen LogP contribution in [0.3, 0.4) is 0 Å². The molecular formula is C23H26N2O3S. The van der Waals surface area contributed by atoms with E-state index < -0.39 is 0 Å². The van der Waals surface area contributed by atoms with Gasteiger partial charge in [0.25, 0.3) is 11.8 Å². The lowest BCUT2D eigenvalue weighted by molar-refractivity contribution is -0.136. The number of para-hydroxylation sites is 1. The first kappa shape index (κ1) is 21.0. The van der Waals surface area contributed by atoms with Crippen LogP contribution >= 0.6 is 11.8 Å². The molecule has 0 unspecified atom stereocenters. The highest BCUT2D eigenvalue weighted by Gasteiger charge is 2.37. The van der Waals surface area contributed by atoms with Crippen LogP contribution in [-0.2, 0) is 9.59 Å². The highest BCUT2D eigenvalue weighted by atomic mass is 32.2. The summed E-state index contributed by atoms with van der Waals surface area (Å²) in [6.07, 6.45) is 2.33. The average molecular weight is 411 g/mol. The molecule has 152 valence electrons. The number of thioether (sulfide) groups is 1. The molecule has 0 spiro atoms. The van der Waals surface area contributed by atoms with E-state index in [1.54, 1.807) is 0 Å². The number of aryl methyl sites for hydroxylation is 1. The maximum absolute atomic E-state index is 12.5. The van der Waals surface area contributed by atoms with E-state index >= 15 is 0 Å². The number of ether oxygens (including phenoxy) is 1. The van der Waals surface area contributed by atoms with Crippen LogP contribution in [0, 0.1) is 6.92 Å². The fraction of sp³-hybridized carbons (Fsp3) is 0.304. The van der Waals surface area contributed by atoms with E-state index in [0.717, 1.165) is 16.9 Å². The molecule has 2 aromatic carbocycles. The van der Waals surface area contributed by atoms with Crippen LogP contribution in [0.15, 0.2) is 65.2 Å². The molecule has 29 heavy (non-hydrogen) atoms. The lowest BCUT2D eigenvalue weighted by Crippen LogP contribution is -2.31. The summed E-state index contributed by atoms with van der Waals surface area (Å²) in [5.74, 6) is 0.359. The Morgan fingerprint density at radius 1 is 1.03 bits per heavy atom. The van der Waals surface area contributed by atoms with Crippen molar-refractivity contribution in [1.29, 1.82) is 0 Å². The molecule has 3 rings (SSSR count). The number of nitrogens with zero attached hydrogens (tertiary/aromatic N) is 2. The number of rotatable bonds is 8. The molecule has 0 aromatic heterocycles. The fourth-order valence-corrected chi connectivity index (χ4v) is 4.10. The monoisotopic (exact) mass is 410 g/mol. The Labute approximate surface area is 176 Å². The van der Waals surface area contributed by atoms with Gasteiger partial charge in [-0.25, -0.2) is 0 Å². The van der Waals surface area contributed by atoms with Crippen molar-refractivity contribution in [2.45, 2.75) is 19.4 Å². The Balaban J connectivity index is 1.80. The van der Waals surface area contributed by atoms with Crippen molar-refractivity contribution >= 4 is 23.6 Å². The summed E-state index contributed by atoms with van der Waals surface area (Å²) < 4.78 is 6.36. The van der Waals surface area contributed by atoms with Crippen LogP contribution in [0.25, 0.3) is 0 Å². The second kappa shape index (κ2) is 9.18. The van der Waals surface area contributed by atoms with Crippen molar-refractivity contribution in [3.8, 4) is 5.75 Å². The van der Waals surface area contributed by atoms with E-state index in [0.29, 0.717) is 23.6 Å². The molecule has 5 nitrogen and oxygen atoms in total. The summed E-state index contributed by atoms with van der Waals surface area (Å²) >= 11 is 1.31. The van der Waals surface area contributed by atoms with Gasteiger partial charge in [-0.05, 0) is 30.4 Å². The van der Waals surface area contributed by atoms with Gasteiger partial charge in [0.05, 0.1) is 0 Å². The van der Waals surface area contributed by atoms with Gasteiger partial charge in [-0.15, -0.1) is 11.8 Å². The van der Waals surface area contributed by atoms with Gasteiger partial charge in [0.1, 0.15) is 22.5 Å². The molecule has 1 heterocycles. The normalized spacial score (nSPS) is 15.1. The van der Waals surface area contributed by atoms with Crippen LogP contribution < -0.4 is 4.74 Å². The van der Waals surface area contributed by atoms with Crippen LogP contribution in [0.5, 0.6) is 5.75 Å². The molecule has 6 heteroatoms. The zero-order chi connectivity index (χ0) is 21.0. The number of carbonyl (C=O) groups excluding carboxylic acids is 2. The molecule has 2 aromatic rings. The lowest BCUT2D eigenvalue weighted by Gasteiger charge is -2.25. The number of imide groups is 1. The third-order valence-corrected chi connectivity index (χ3v) is 5.84. The van der Waals surface area contributed by atoms with Crippen LogP contribution in [0.4, 0.5) is 0 Å². The van der Waals surface area contributed by atoms with E-state index in [2.05, 4.69) is 0 Å².